The van der Waals surface area contributed by atoms with Crippen LogP contribution in [0.3, 0.4) is 0 Å². The second kappa shape index (κ2) is 4.66. The fourth-order valence-corrected chi connectivity index (χ4v) is 2.94. The molecule has 1 aromatic heterocycles. The van der Waals surface area contributed by atoms with Crippen molar-refractivity contribution in [2.24, 2.45) is 0 Å². The van der Waals surface area contributed by atoms with Crippen LogP contribution in [0.4, 0.5) is 4.39 Å². The Bertz CT molecular complexity index is 574. The number of carbonyl (C=O) groups is 1. The van der Waals surface area contributed by atoms with E-state index >= 15 is 0 Å². The van der Waals surface area contributed by atoms with Crippen LogP contribution in [0.15, 0.2) is 22.7 Å². The van der Waals surface area contributed by atoms with Gasteiger partial charge in [0.1, 0.15) is 10.8 Å². The molecule has 17 heavy (non-hydrogen) atoms. The molecule has 0 radical (unpaired) electrons. The number of thiazole rings is 1. The zero-order chi connectivity index (χ0) is 12.6. The first kappa shape index (κ1) is 12.4. The van der Waals surface area contributed by atoms with Gasteiger partial charge in [0, 0.05) is 17.0 Å². The number of aryl methyl sites for hydroxylation is 1. The Morgan fingerprint density at radius 3 is 2.65 bits per heavy atom. The summed E-state index contributed by atoms with van der Waals surface area (Å²) in [6.07, 6.45) is 0. The minimum atomic E-state index is -0.327. The number of hydrogen-bond acceptors (Lipinski definition) is 3. The lowest BCUT2D eigenvalue weighted by Gasteiger charge is -1.98. The molecule has 0 bridgehead atoms. The number of carbonyl (C=O) groups excluding carboxylic acids is 1. The summed E-state index contributed by atoms with van der Waals surface area (Å²) in [7, 11) is 0. The molecular formula is C12H9BrFNOS. The quantitative estimate of drug-likeness (QED) is 0.777. The molecule has 0 aliphatic carbocycles. The molecule has 2 rings (SSSR count). The molecule has 1 heterocycles. The molecule has 0 N–H and O–H groups in total. The summed E-state index contributed by atoms with van der Waals surface area (Å²) in [6, 6.07) is 4.58. The van der Waals surface area contributed by atoms with Gasteiger partial charge >= 0.3 is 0 Å². The third-order valence-electron chi connectivity index (χ3n) is 2.23. The van der Waals surface area contributed by atoms with Gasteiger partial charge < -0.3 is 0 Å². The zero-order valence-corrected chi connectivity index (χ0v) is 11.7. The van der Waals surface area contributed by atoms with Gasteiger partial charge in [-0.05, 0) is 25.1 Å². The molecule has 0 aliphatic heterocycles. The van der Waals surface area contributed by atoms with Gasteiger partial charge in [-0.15, -0.1) is 11.3 Å². The van der Waals surface area contributed by atoms with Gasteiger partial charge in [0.15, 0.2) is 5.78 Å². The Morgan fingerprint density at radius 2 is 2.12 bits per heavy atom. The Hall–Kier alpha value is -1.07. The van der Waals surface area contributed by atoms with Crippen molar-refractivity contribution < 1.29 is 9.18 Å². The number of ketones is 1. The Kier molecular flexibility index (Phi) is 3.40. The van der Waals surface area contributed by atoms with Crippen LogP contribution >= 0.6 is 27.3 Å². The van der Waals surface area contributed by atoms with Gasteiger partial charge in [0.2, 0.25) is 0 Å². The molecule has 0 amide bonds. The van der Waals surface area contributed by atoms with Crippen LogP contribution < -0.4 is 0 Å². The van der Waals surface area contributed by atoms with Crippen molar-refractivity contribution in [1.82, 2.24) is 4.98 Å². The molecule has 2 nitrogen and oxygen atoms in total. The predicted molar refractivity (Wildman–Crippen MR) is 69.9 cm³/mol. The molecule has 0 fully saturated rings. The fourth-order valence-electron chi connectivity index (χ4n) is 1.52. The van der Waals surface area contributed by atoms with Crippen LogP contribution in [0.1, 0.15) is 22.3 Å². The first-order valence-corrected chi connectivity index (χ1v) is 6.53. The highest BCUT2D eigenvalue weighted by Crippen LogP contribution is 2.30. The Balaban J connectivity index is 2.53. The van der Waals surface area contributed by atoms with Gasteiger partial charge in [-0.2, -0.15) is 0 Å². The van der Waals surface area contributed by atoms with Crippen molar-refractivity contribution >= 4 is 33.0 Å². The first-order valence-electron chi connectivity index (χ1n) is 4.92. The maximum absolute atomic E-state index is 13.3. The van der Waals surface area contributed by atoms with Crippen molar-refractivity contribution in [1.29, 1.82) is 0 Å². The van der Waals surface area contributed by atoms with E-state index < -0.39 is 0 Å². The highest BCUT2D eigenvalue weighted by molar-refractivity contribution is 9.10. The molecule has 2 aromatic rings. The van der Waals surface area contributed by atoms with E-state index in [1.165, 1.54) is 30.4 Å². The predicted octanol–water partition coefficient (Wildman–Crippen LogP) is 4.22. The van der Waals surface area contributed by atoms with Crippen molar-refractivity contribution in [2.45, 2.75) is 13.8 Å². The number of nitrogens with zero attached hydrogens (tertiary/aromatic N) is 1. The summed E-state index contributed by atoms with van der Waals surface area (Å²) in [4.78, 5) is 16.3. The van der Waals surface area contributed by atoms with E-state index in [2.05, 4.69) is 20.9 Å². The molecule has 0 saturated heterocycles. The lowest BCUT2D eigenvalue weighted by Crippen LogP contribution is -1.89. The first-order chi connectivity index (χ1) is 7.97. The zero-order valence-electron chi connectivity index (χ0n) is 9.25. The monoisotopic (exact) mass is 313 g/mol. The molecule has 0 atom stereocenters. The molecule has 0 spiro atoms. The Labute approximate surface area is 111 Å². The van der Waals surface area contributed by atoms with E-state index in [4.69, 9.17) is 0 Å². The van der Waals surface area contributed by atoms with Crippen LogP contribution in [-0.4, -0.2) is 10.8 Å². The number of halogens is 2. The topological polar surface area (TPSA) is 30.0 Å². The highest BCUT2D eigenvalue weighted by Gasteiger charge is 2.13. The largest absolute Gasteiger partial charge is 0.294 e. The summed E-state index contributed by atoms with van der Waals surface area (Å²) in [5.74, 6) is -0.340. The second-order valence-corrected chi connectivity index (χ2v) is 5.56. The van der Waals surface area contributed by atoms with Crippen LogP contribution in [-0.2, 0) is 0 Å². The van der Waals surface area contributed by atoms with Crippen molar-refractivity contribution in [3.05, 3.63) is 39.1 Å². The van der Waals surface area contributed by atoms with E-state index in [1.54, 1.807) is 13.0 Å². The number of Topliss-reactive ketones (excluding diaryl/α,β-unsaturated/α-hetero) is 1. The van der Waals surface area contributed by atoms with Crippen molar-refractivity contribution in [2.75, 3.05) is 0 Å². The average Bonchev–Trinajstić information content (AvgIpc) is 2.59. The molecular weight excluding hydrogens is 305 g/mol. The minimum absolute atomic E-state index is 0.0123. The van der Waals surface area contributed by atoms with Gasteiger partial charge in [-0.1, -0.05) is 15.9 Å². The van der Waals surface area contributed by atoms with E-state index in [1.807, 2.05) is 0 Å². The summed E-state index contributed by atoms with van der Waals surface area (Å²) >= 11 is 4.52. The minimum Gasteiger partial charge on any atom is -0.294 e. The SMILES string of the molecule is CC(=O)c1sc(-c2cc(F)cc(Br)c2)nc1C. The lowest BCUT2D eigenvalue weighted by molar-refractivity contribution is 0.102. The van der Waals surface area contributed by atoms with E-state index in [0.717, 1.165) is 0 Å². The lowest BCUT2D eigenvalue weighted by atomic mass is 10.2. The molecule has 1 aromatic carbocycles. The van der Waals surface area contributed by atoms with Gasteiger partial charge in [-0.25, -0.2) is 9.37 Å². The fraction of sp³-hybridized carbons (Fsp3) is 0.167. The number of rotatable bonds is 2. The van der Waals surface area contributed by atoms with Crippen LogP contribution in [0.2, 0.25) is 0 Å². The smallest absolute Gasteiger partial charge is 0.171 e. The summed E-state index contributed by atoms with van der Waals surface area (Å²) in [5.41, 5.74) is 1.37. The molecule has 88 valence electrons. The number of hydrogen-bond donors (Lipinski definition) is 0. The summed E-state index contributed by atoms with van der Waals surface area (Å²) in [6.45, 7) is 3.29. The number of aromatic nitrogens is 1. The van der Waals surface area contributed by atoms with E-state index in [9.17, 15) is 9.18 Å². The maximum Gasteiger partial charge on any atom is 0.171 e. The summed E-state index contributed by atoms with van der Waals surface area (Å²) < 4.78 is 13.9. The normalized spacial score (nSPS) is 10.6. The van der Waals surface area contributed by atoms with E-state index in [0.29, 0.717) is 25.6 Å². The molecule has 0 unspecified atom stereocenters. The van der Waals surface area contributed by atoms with Gasteiger partial charge in [0.05, 0.1) is 10.6 Å². The van der Waals surface area contributed by atoms with Crippen LogP contribution in [0, 0.1) is 12.7 Å². The standard InChI is InChI=1S/C12H9BrFNOS/c1-6-11(7(2)16)17-12(15-6)8-3-9(13)5-10(14)4-8/h3-5H,1-2H3. The second-order valence-electron chi connectivity index (χ2n) is 3.65. The van der Waals surface area contributed by atoms with Crippen molar-refractivity contribution in [3.63, 3.8) is 0 Å². The van der Waals surface area contributed by atoms with Crippen molar-refractivity contribution in [3.8, 4) is 10.6 Å². The third-order valence-corrected chi connectivity index (χ3v) is 3.99. The summed E-state index contributed by atoms with van der Waals surface area (Å²) in [5, 5.41) is 0.660. The Morgan fingerprint density at radius 1 is 1.41 bits per heavy atom. The average molecular weight is 314 g/mol. The number of benzene rings is 1. The van der Waals surface area contributed by atoms with Gasteiger partial charge in [0.25, 0.3) is 0 Å². The maximum atomic E-state index is 13.3. The highest BCUT2D eigenvalue weighted by atomic mass is 79.9. The molecule has 0 saturated carbocycles. The third kappa shape index (κ3) is 2.61. The van der Waals surface area contributed by atoms with Crippen LogP contribution in [0.5, 0.6) is 0 Å². The molecule has 5 heteroatoms. The van der Waals surface area contributed by atoms with Gasteiger partial charge in [-0.3, -0.25) is 4.79 Å². The van der Waals surface area contributed by atoms with Crippen LogP contribution in [0.25, 0.3) is 10.6 Å². The molecule has 0 aliphatic rings. The van der Waals surface area contributed by atoms with E-state index in [-0.39, 0.29) is 11.6 Å².